The Balaban J connectivity index is 1.69. The molecule has 0 saturated heterocycles. The largest absolute Gasteiger partial charge is 0.493 e. The SMILES string of the molecule is COc1cc2c(cc1OC)[C@H](c1cc3cccc(C)c3[nH]c1=O)N(C(=O)C1CCCCC1)CC2. The Kier molecular flexibility index (Phi) is 6.07. The zero-order valence-electron chi connectivity index (χ0n) is 20.1. The zero-order valence-corrected chi connectivity index (χ0v) is 20.1. The minimum atomic E-state index is -0.466. The van der Waals surface area contributed by atoms with Gasteiger partial charge in [-0.25, -0.2) is 0 Å². The predicted molar refractivity (Wildman–Crippen MR) is 133 cm³/mol. The number of ether oxygens (including phenoxy) is 2. The van der Waals surface area contributed by atoms with Crippen LogP contribution in [0.4, 0.5) is 0 Å². The number of nitrogens with one attached hydrogen (secondary N) is 1. The number of hydrogen-bond acceptors (Lipinski definition) is 4. The highest BCUT2D eigenvalue weighted by Crippen LogP contribution is 2.42. The average molecular weight is 461 g/mol. The fourth-order valence-corrected chi connectivity index (χ4v) is 5.71. The van der Waals surface area contributed by atoms with Gasteiger partial charge in [-0.2, -0.15) is 0 Å². The van der Waals surface area contributed by atoms with E-state index in [9.17, 15) is 9.59 Å². The molecule has 1 fully saturated rings. The van der Waals surface area contributed by atoms with Crippen LogP contribution in [0.1, 0.15) is 60.4 Å². The Hall–Kier alpha value is -3.28. The molecular weight excluding hydrogens is 428 g/mol. The summed E-state index contributed by atoms with van der Waals surface area (Å²) in [6.07, 6.45) is 5.94. The molecule has 0 radical (unpaired) electrons. The van der Waals surface area contributed by atoms with Crippen molar-refractivity contribution in [2.75, 3.05) is 20.8 Å². The summed E-state index contributed by atoms with van der Waals surface area (Å²) in [4.78, 5) is 32.3. The number of H-pyrrole nitrogens is 1. The van der Waals surface area contributed by atoms with E-state index in [1.807, 2.05) is 48.2 Å². The van der Waals surface area contributed by atoms with Crippen LogP contribution in [0.2, 0.25) is 0 Å². The molecule has 0 bridgehead atoms. The van der Waals surface area contributed by atoms with E-state index < -0.39 is 6.04 Å². The number of aryl methyl sites for hydroxylation is 1. The maximum absolute atomic E-state index is 13.8. The lowest BCUT2D eigenvalue weighted by Gasteiger charge is -2.40. The summed E-state index contributed by atoms with van der Waals surface area (Å²) >= 11 is 0. The number of pyridine rings is 1. The van der Waals surface area contributed by atoms with Gasteiger partial charge in [0.05, 0.1) is 25.8 Å². The van der Waals surface area contributed by atoms with E-state index in [0.717, 1.165) is 59.7 Å². The number of amides is 1. The molecule has 2 aliphatic rings. The van der Waals surface area contributed by atoms with Gasteiger partial charge in [0.15, 0.2) is 11.5 Å². The second-order valence-electron chi connectivity index (χ2n) is 9.52. The number of hydrogen-bond donors (Lipinski definition) is 1. The van der Waals surface area contributed by atoms with Gasteiger partial charge in [0, 0.05) is 18.0 Å². The van der Waals surface area contributed by atoms with Crippen LogP contribution in [0.3, 0.4) is 0 Å². The highest BCUT2D eigenvalue weighted by atomic mass is 16.5. The molecule has 3 aromatic rings. The van der Waals surface area contributed by atoms with Crippen LogP contribution < -0.4 is 15.0 Å². The van der Waals surface area contributed by atoms with Crippen LogP contribution >= 0.6 is 0 Å². The fourth-order valence-electron chi connectivity index (χ4n) is 5.71. The number of methoxy groups -OCH3 is 2. The second-order valence-corrected chi connectivity index (χ2v) is 9.52. The average Bonchev–Trinajstić information content (AvgIpc) is 2.87. The second kappa shape index (κ2) is 9.16. The fraction of sp³-hybridized carbons (Fsp3) is 0.429. The maximum atomic E-state index is 13.8. The normalized spacial score (nSPS) is 18.6. The number of aromatic nitrogens is 1. The predicted octanol–water partition coefficient (Wildman–Crippen LogP) is 4.91. The van der Waals surface area contributed by atoms with Gasteiger partial charge in [-0.3, -0.25) is 9.59 Å². The highest BCUT2D eigenvalue weighted by Gasteiger charge is 2.37. The third-order valence-electron chi connectivity index (χ3n) is 7.52. The van der Waals surface area contributed by atoms with Gasteiger partial charge in [0.25, 0.3) is 5.56 Å². The smallest absolute Gasteiger partial charge is 0.254 e. The first-order valence-electron chi connectivity index (χ1n) is 12.2. The van der Waals surface area contributed by atoms with E-state index >= 15 is 0 Å². The van der Waals surface area contributed by atoms with E-state index in [1.165, 1.54) is 6.42 Å². The Morgan fingerprint density at radius 2 is 1.74 bits per heavy atom. The van der Waals surface area contributed by atoms with Crippen LogP contribution in [0.15, 0.2) is 41.2 Å². The van der Waals surface area contributed by atoms with Crippen LogP contribution in [0, 0.1) is 12.8 Å². The number of fused-ring (bicyclic) bond motifs is 2. The number of aromatic amines is 1. The number of carbonyl (C=O) groups is 1. The van der Waals surface area contributed by atoms with Gasteiger partial charge in [0.1, 0.15) is 0 Å². The van der Waals surface area contributed by atoms with Crippen molar-refractivity contribution < 1.29 is 14.3 Å². The van der Waals surface area contributed by atoms with Crippen molar-refractivity contribution in [1.29, 1.82) is 0 Å². The molecule has 5 rings (SSSR count). The quantitative estimate of drug-likeness (QED) is 0.601. The van der Waals surface area contributed by atoms with Gasteiger partial charge < -0.3 is 19.4 Å². The van der Waals surface area contributed by atoms with Crippen molar-refractivity contribution in [2.24, 2.45) is 5.92 Å². The third kappa shape index (κ3) is 3.85. The summed E-state index contributed by atoms with van der Waals surface area (Å²) in [5.41, 5.74) is 4.31. The van der Waals surface area contributed by atoms with Crippen molar-refractivity contribution in [3.63, 3.8) is 0 Å². The van der Waals surface area contributed by atoms with Crippen molar-refractivity contribution in [1.82, 2.24) is 9.88 Å². The number of benzene rings is 2. The molecule has 0 spiro atoms. The van der Waals surface area contributed by atoms with E-state index in [1.54, 1.807) is 14.2 Å². The molecule has 1 saturated carbocycles. The van der Waals surface area contributed by atoms with Crippen molar-refractivity contribution in [2.45, 2.75) is 51.5 Å². The summed E-state index contributed by atoms with van der Waals surface area (Å²) in [7, 11) is 3.23. The van der Waals surface area contributed by atoms with Crippen LogP contribution in [-0.4, -0.2) is 36.6 Å². The minimum Gasteiger partial charge on any atom is -0.493 e. The maximum Gasteiger partial charge on any atom is 0.254 e. The van der Waals surface area contributed by atoms with Gasteiger partial charge in [-0.1, -0.05) is 37.5 Å². The lowest BCUT2D eigenvalue weighted by molar-refractivity contribution is -0.138. The number of para-hydroxylation sites is 1. The summed E-state index contributed by atoms with van der Waals surface area (Å²) in [6.45, 7) is 2.57. The molecule has 1 amide bonds. The number of carbonyl (C=O) groups excluding carboxylic acids is 1. The monoisotopic (exact) mass is 460 g/mol. The summed E-state index contributed by atoms with van der Waals surface area (Å²) < 4.78 is 11.1. The first kappa shape index (κ1) is 22.5. The Morgan fingerprint density at radius 1 is 1.00 bits per heavy atom. The lowest BCUT2D eigenvalue weighted by Crippen LogP contribution is -2.45. The zero-order chi connectivity index (χ0) is 23.8. The third-order valence-corrected chi connectivity index (χ3v) is 7.52. The first-order chi connectivity index (χ1) is 16.5. The van der Waals surface area contributed by atoms with Crippen molar-refractivity contribution in [3.05, 3.63) is 69.0 Å². The Bertz CT molecular complexity index is 1290. The molecule has 0 unspecified atom stereocenters. The van der Waals surface area contributed by atoms with Gasteiger partial charge in [-0.15, -0.1) is 0 Å². The summed E-state index contributed by atoms with van der Waals surface area (Å²) in [6, 6.07) is 11.4. The lowest BCUT2D eigenvalue weighted by atomic mass is 9.84. The Morgan fingerprint density at radius 3 is 2.47 bits per heavy atom. The molecule has 34 heavy (non-hydrogen) atoms. The molecule has 1 aliphatic heterocycles. The van der Waals surface area contributed by atoms with Gasteiger partial charge in [0.2, 0.25) is 5.91 Å². The van der Waals surface area contributed by atoms with Crippen LogP contribution in [0.5, 0.6) is 11.5 Å². The standard InChI is InChI=1S/C28H32N2O4/c1-17-8-7-11-20-14-22(27(31)29-25(17)20)26-21-16-24(34-3)23(33-2)15-19(21)12-13-30(26)28(32)18-9-5-4-6-10-18/h7-8,11,14-16,18,26H,4-6,9-10,12-13H2,1-3H3,(H,29,31)/t26-/m1/s1. The molecule has 1 aliphatic carbocycles. The topological polar surface area (TPSA) is 71.6 Å². The molecule has 1 atom stereocenters. The first-order valence-corrected chi connectivity index (χ1v) is 12.2. The van der Waals surface area contributed by atoms with E-state index in [0.29, 0.717) is 23.6 Å². The van der Waals surface area contributed by atoms with E-state index in [-0.39, 0.29) is 17.4 Å². The molecule has 178 valence electrons. The van der Waals surface area contributed by atoms with Crippen molar-refractivity contribution in [3.8, 4) is 11.5 Å². The number of nitrogens with zero attached hydrogens (tertiary/aromatic N) is 1. The molecule has 1 aromatic heterocycles. The summed E-state index contributed by atoms with van der Waals surface area (Å²) in [5.74, 6) is 1.45. The van der Waals surface area contributed by atoms with E-state index in [2.05, 4.69) is 4.98 Å². The van der Waals surface area contributed by atoms with Crippen LogP contribution in [0.25, 0.3) is 10.9 Å². The van der Waals surface area contributed by atoms with E-state index in [4.69, 9.17) is 9.47 Å². The van der Waals surface area contributed by atoms with Crippen molar-refractivity contribution >= 4 is 16.8 Å². The van der Waals surface area contributed by atoms with Gasteiger partial charge in [-0.05, 0) is 66.5 Å². The van der Waals surface area contributed by atoms with Gasteiger partial charge >= 0.3 is 0 Å². The Labute approximate surface area is 199 Å². The summed E-state index contributed by atoms with van der Waals surface area (Å²) in [5, 5.41) is 0.965. The molecular formula is C28H32N2O4. The molecule has 2 aromatic carbocycles. The van der Waals surface area contributed by atoms with Crippen LogP contribution in [-0.2, 0) is 11.2 Å². The molecule has 6 nitrogen and oxygen atoms in total. The number of rotatable bonds is 4. The molecule has 1 N–H and O–H groups in total. The minimum absolute atomic E-state index is 0.0275. The highest BCUT2D eigenvalue weighted by molar-refractivity contribution is 5.83. The molecule has 2 heterocycles. The molecule has 6 heteroatoms.